The molecule has 1 aliphatic rings. The quantitative estimate of drug-likeness (QED) is 0.538. The van der Waals surface area contributed by atoms with E-state index < -0.39 is 0 Å². The van der Waals surface area contributed by atoms with Gasteiger partial charge in [0, 0.05) is 44.4 Å². The SMILES string of the molecule is Cn1cnc2c1c(=O)n(CCCN1CCCCC1c1cc3ccccc3[nH]1)c(=O)n2C. The molecule has 4 heterocycles. The fourth-order valence-corrected chi connectivity index (χ4v) is 4.91. The van der Waals surface area contributed by atoms with E-state index in [1.165, 1.54) is 38.6 Å². The van der Waals surface area contributed by atoms with Crippen LogP contribution in [-0.2, 0) is 20.6 Å². The van der Waals surface area contributed by atoms with Gasteiger partial charge in [-0.15, -0.1) is 0 Å². The number of aromatic nitrogens is 5. The number of benzene rings is 1. The maximum Gasteiger partial charge on any atom is 0.332 e. The van der Waals surface area contributed by atoms with Crippen molar-refractivity contribution in [2.45, 2.75) is 38.3 Å². The molecule has 1 N–H and O–H groups in total. The number of aromatic amines is 1. The van der Waals surface area contributed by atoms with Gasteiger partial charge in [-0.3, -0.25) is 18.8 Å². The number of aryl methyl sites for hydroxylation is 2. The molecule has 1 fully saturated rings. The van der Waals surface area contributed by atoms with E-state index in [-0.39, 0.29) is 11.2 Å². The highest BCUT2D eigenvalue weighted by Gasteiger charge is 2.25. The van der Waals surface area contributed by atoms with Crippen LogP contribution in [-0.4, -0.2) is 41.7 Å². The number of nitrogens with one attached hydrogen (secondary N) is 1. The van der Waals surface area contributed by atoms with E-state index in [0.29, 0.717) is 23.8 Å². The van der Waals surface area contributed by atoms with Gasteiger partial charge in [-0.1, -0.05) is 24.6 Å². The molecule has 5 rings (SSSR count). The first-order chi connectivity index (χ1) is 15.0. The maximum absolute atomic E-state index is 12.9. The van der Waals surface area contributed by atoms with Crippen LogP contribution in [0.3, 0.4) is 0 Å². The molecule has 4 aromatic rings. The van der Waals surface area contributed by atoms with Crippen LogP contribution in [0.2, 0.25) is 0 Å². The number of para-hydroxylation sites is 1. The third-order valence-electron chi connectivity index (χ3n) is 6.55. The fraction of sp³-hybridized carbons (Fsp3) is 0.435. The third-order valence-corrected chi connectivity index (χ3v) is 6.55. The van der Waals surface area contributed by atoms with E-state index in [0.717, 1.165) is 25.9 Å². The number of hydrogen-bond acceptors (Lipinski definition) is 4. The van der Waals surface area contributed by atoms with Crippen LogP contribution in [0.5, 0.6) is 0 Å². The summed E-state index contributed by atoms with van der Waals surface area (Å²) in [6.07, 6.45) is 5.84. The van der Waals surface area contributed by atoms with Gasteiger partial charge in [-0.05, 0) is 43.3 Å². The molecule has 1 aliphatic heterocycles. The van der Waals surface area contributed by atoms with Gasteiger partial charge >= 0.3 is 5.69 Å². The number of nitrogens with zero attached hydrogens (tertiary/aromatic N) is 5. The Morgan fingerprint density at radius 3 is 2.81 bits per heavy atom. The summed E-state index contributed by atoms with van der Waals surface area (Å²) in [6.45, 7) is 2.29. The van der Waals surface area contributed by atoms with Crippen molar-refractivity contribution in [1.29, 1.82) is 0 Å². The van der Waals surface area contributed by atoms with E-state index in [9.17, 15) is 9.59 Å². The first kappa shape index (κ1) is 19.8. The molecule has 31 heavy (non-hydrogen) atoms. The minimum Gasteiger partial charge on any atom is -0.357 e. The Balaban J connectivity index is 1.36. The predicted molar refractivity (Wildman–Crippen MR) is 121 cm³/mol. The Labute approximate surface area is 179 Å². The summed E-state index contributed by atoms with van der Waals surface area (Å²) in [6, 6.07) is 11.0. The molecule has 0 spiro atoms. The molecule has 1 saturated heterocycles. The normalized spacial score (nSPS) is 17.7. The lowest BCUT2D eigenvalue weighted by Gasteiger charge is -2.35. The standard InChI is InChI=1S/C23H28N6O2/c1-26-15-24-21-20(26)22(30)29(23(31)27(21)2)13-7-12-28-11-6-5-10-19(28)18-14-16-8-3-4-9-17(16)25-18/h3-4,8-9,14-15,19,25H,5-7,10-13H2,1-2H3. The molecule has 0 saturated carbocycles. The zero-order valence-electron chi connectivity index (χ0n) is 18.0. The second-order valence-corrected chi connectivity index (χ2v) is 8.54. The first-order valence-electron chi connectivity index (χ1n) is 11.0. The highest BCUT2D eigenvalue weighted by molar-refractivity contribution is 5.80. The summed E-state index contributed by atoms with van der Waals surface area (Å²) in [5, 5.41) is 1.24. The average Bonchev–Trinajstić information content (AvgIpc) is 3.38. The molecule has 0 radical (unpaired) electrons. The number of hydrogen-bond donors (Lipinski definition) is 1. The molecule has 0 aliphatic carbocycles. The lowest BCUT2D eigenvalue weighted by molar-refractivity contribution is 0.142. The summed E-state index contributed by atoms with van der Waals surface area (Å²) in [5.41, 5.74) is 2.76. The molecule has 8 heteroatoms. The highest BCUT2D eigenvalue weighted by Crippen LogP contribution is 2.32. The number of fused-ring (bicyclic) bond motifs is 2. The van der Waals surface area contributed by atoms with Gasteiger partial charge in [0.1, 0.15) is 0 Å². The van der Waals surface area contributed by atoms with Crippen molar-refractivity contribution in [3.8, 4) is 0 Å². The Morgan fingerprint density at radius 2 is 1.97 bits per heavy atom. The lowest BCUT2D eigenvalue weighted by atomic mass is 9.99. The van der Waals surface area contributed by atoms with E-state index >= 15 is 0 Å². The fourth-order valence-electron chi connectivity index (χ4n) is 4.91. The molecule has 1 atom stereocenters. The van der Waals surface area contributed by atoms with Gasteiger partial charge in [0.25, 0.3) is 5.56 Å². The van der Waals surface area contributed by atoms with Crippen molar-refractivity contribution in [3.63, 3.8) is 0 Å². The smallest absolute Gasteiger partial charge is 0.332 e. The molecule has 162 valence electrons. The minimum absolute atomic E-state index is 0.260. The maximum atomic E-state index is 12.9. The summed E-state index contributed by atoms with van der Waals surface area (Å²) >= 11 is 0. The Kier molecular flexibility index (Phi) is 5.02. The van der Waals surface area contributed by atoms with E-state index in [1.807, 2.05) is 0 Å². The van der Waals surface area contributed by atoms with Crippen molar-refractivity contribution in [1.82, 2.24) is 28.6 Å². The van der Waals surface area contributed by atoms with E-state index in [4.69, 9.17) is 0 Å². The summed E-state index contributed by atoms with van der Waals surface area (Å²) in [5.74, 6) is 0. The zero-order chi connectivity index (χ0) is 21.5. The van der Waals surface area contributed by atoms with Crippen molar-refractivity contribution < 1.29 is 0 Å². The van der Waals surface area contributed by atoms with E-state index in [1.54, 1.807) is 25.0 Å². The minimum atomic E-state index is -0.304. The molecule has 0 bridgehead atoms. The summed E-state index contributed by atoms with van der Waals surface area (Å²) in [7, 11) is 3.45. The Morgan fingerprint density at radius 1 is 1.13 bits per heavy atom. The van der Waals surface area contributed by atoms with Gasteiger partial charge in [-0.25, -0.2) is 9.78 Å². The average molecular weight is 421 g/mol. The largest absolute Gasteiger partial charge is 0.357 e. The number of likely N-dealkylation sites (tertiary alicyclic amines) is 1. The molecule has 8 nitrogen and oxygen atoms in total. The van der Waals surface area contributed by atoms with Gasteiger partial charge in [-0.2, -0.15) is 0 Å². The van der Waals surface area contributed by atoms with E-state index in [2.05, 4.69) is 45.2 Å². The second kappa shape index (κ2) is 7.85. The molecule has 1 aromatic carbocycles. The van der Waals surface area contributed by atoms with Crippen LogP contribution in [0.25, 0.3) is 22.1 Å². The van der Waals surface area contributed by atoms with Gasteiger partial charge < -0.3 is 9.55 Å². The number of imidazole rings is 1. The lowest BCUT2D eigenvalue weighted by Crippen LogP contribution is -2.41. The molecule has 1 unspecified atom stereocenters. The van der Waals surface area contributed by atoms with Gasteiger partial charge in [0.05, 0.1) is 6.33 Å². The topological polar surface area (TPSA) is 80.8 Å². The monoisotopic (exact) mass is 420 g/mol. The third kappa shape index (κ3) is 3.40. The van der Waals surface area contributed by atoms with Crippen LogP contribution < -0.4 is 11.2 Å². The molecule has 3 aromatic heterocycles. The Bertz CT molecular complexity index is 1330. The van der Waals surface area contributed by atoms with Crippen LogP contribution in [0.1, 0.15) is 37.4 Å². The molecule has 0 amide bonds. The zero-order valence-corrected chi connectivity index (χ0v) is 18.0. The Hall–Kier alpha value is -3.13. The van der Waals surface area contributed by atoms with Crippen molar-refractivity contribution in [3.05, 3.63) is 63.2 Å². The van der Waals surface area contributed by atoms with Crippen molar-refractivity contribution in [2.24, 2.45) is 14.1 Å². The van der Waals surface area contributed by atoms with Crippen molar-refractivity contribution in [2.75, 3.05) is 13.1 Å². The number of piperidine rings is 1. The van der Waals surface area contributed by atoms with Crippen LogP contribution in [0, 0.1) is 0 Å². The van der Waals surface area contributed by atoms with Crippen LogP contribution in [0.15, 0.2) is 46.2 Å². The first-order valence-corrected chi connectivity index (χ1v) is 11.0. The summed E-state index contributed by atoms with van der Waals surface area (Å²) < 4.78 is 4.50. The van der Waals surface area contributed by atoms with Crippen LogP contribution >= 0.6 is 0 Å². The highest BCUT2D eigenvalue weighted by atomic mass is 16.2. The number of rotatable bonds is 5. The van der Waals surface area contributed by atoms with Crippen LogP contribution in [0.4, 0.5) is 0 Å². The number of H-pyrrole nitrogens is 1. The van der Waals surface area contributed by atoms with Crippen molar-refractivity contribution >= 4 is 22.1 Å². The molecular formula is C23H28N6O2. The van der Waals surface area contributed by atoms with Gasteiger partial charge in [0.15, 0.2) is 11.2 Å². The summed E-state index contributed by atoms with van der Waals surface area (Å²) in [4.78, 5) is 35.9. The second-order valence-electron chi connectivity index (χ2n) is 8.54. The van der Waals surface area contributed by atoms with Gasteiger partial charge in [0.2, 0.25) is 0 Å². The molecular weight excluding hydrogens is 392 g/mol. The predicted octanol–water partition coefficient (Wildman–Crippen LogP) is 2.53.